The average Bonchev–Trinajstić information content (AvgIpc) is 2.80. The third-order valence-corrected chi connectivity index (χ3v) is 6.47. The summed E-state index contributed by atoms with van der Waals surface area (Å²) in [4.78, 5) is 0. The van der Waals surface area contributed by atoms with Crippen LogP contribution in [0.25, 0.3) is 33.0 Å². The molecule has 0 heteroatoms. The SMILES string of the molecule is C=C(C)c1ccc(CCC)c(-c2cc(C(=C)c3ccc(C)c4ccccc34)ccc2C)c1. The average molecular weight is 417 g/mol. The molecular weight excluding hydrogens is 384 g/mol. The normalized spacial score (nSPS) is 11.0. The summed E-state index contributed by atoms with van der Waals surface area (Å²) in [6.07, 6.45) is 2.19. The van der Waals surface area contributed by atoms with E-state index in [0.717, 1.165) is 24.0 Å². The zero-order chi connectivity index (χ0) is 22.8. The highest BCUT2D eigenvalue weighted by molar-refractivity contribution is 5.99. The summed E-state index contributed by atoms with van der Waals surface area (Å²) in [6, 6.07) is 26.6. The predicted molar refractivity (Wildman–Crippen MR) is 142 cm³/mol. The molecule has 0 bridgehead atoms. The number of aryl methyl sites for hydroxylation is 3. The molecule has 0 spiro atoms. The number of rotatable bonds is 6. The Balaban J connectivity index is 1.86. The first-order chi connectivity index (χ1) is 15.4. The lowest BCUT2D eigenvalue weighted by Crippen LogP contribution is -1.96. The molecule has 0 N–H and O–H groups in total. The maximum absolute atomic E-state index is 4.53. The Morgan fingerprint density at radius 3 is 2.09 bits per heavy atom. The van der Waals surface area contributed by atoms with Gasteiger partial charge in [0.05, 0.1) is 0 Å². The molecule has 0 aliphatic carbocycles. The molecule has 32 heavy (non-hydrogen) atoms. The first-order valence-electron chi connectivity index (χ1n) is 11.5. The zero-order valence-corrected chi connectivity index (χ0v) is 19.8. The molecule has 0 unspecified atom stereocenters. The van der Waals surface area contributed by atoms with Gasteiger partial charge in [-0.2, -0.15) is 0 Å². The molecule has 0 amide bonds. The number of benzene rings is 4. The summed E-state index contributed by atoms with van der Waals surface area (Å²) >= 11 is 0. The Bertz CT molecular complexity index is 1330. The Kier molecular flexibility index (Phi) is 6.15. The van der Waals surface area contributed by atoms with Crippen LogP contribution < -0.4 is 0 Å². The summed E-state index contributed by atoms with van der Waals surface area (Å²) in [6.45, 7) is 17.4. The largest absolute Gasteiger partial charge is 0.0955 e. The molecule has 0 aliphatic rings. The fourth-order valence-corrected chi connectivity index (χ4v) is 4.55. The van der Waals surface area contributed by atoms with Crippen LogP contribution in [-0.2, 0) is 6.42 Å². The third kappa shape index (κ3) is 4.06. The van der Waals surface area contributed by atoms with Gasteiger partial charge in [-0.1, -0.05) is 92.7 Å². The lowest BCUT2D eigenvalue weighted by Gasteiger charge is -2.17. The molecule has 0 heterocycles. The van der Waals surface area contributed by atoms with Crippen molar-refractivity contribution in [3.8, 4) is 11.1 Å². The topological polar surface area (TPSA) is 0 Å². The lowest BCUT2D eigenvalue weighted by molar-refractivity contribution is 0.923. The van der Waals surface area contributed by atoms with Gasteiger partial charge in [-0.3, -0.25) is 0 Å². The molecule has 0 saturated carbocycles. The van der Waals surface area contributed by atoms with Gasteiger partial charge in [0.1, 0.15) is 0 Å². The maximum atomic E-state index is 4.53. The van der Waals surface area contributed by atoms with Gasteiger partial charge in [0.2, 0.25) is 0 Å². The molecular formula is C32H32. The van der Waals surface area contributed by atoms with Crippen LogP contribution in [0, 0.1) is 13.8 Å². The van der Waals surface area contributed by atoms with E-state index in [9.17, 15) is 0 Å². The van der Waals surface area contributed by atoms with Crippen molar-refractivity contribution in [1.82, 2.24) is 0 Å². The van der Waals surface area contributed by atoms with E-state index in [1.165, 1.54) is 55.3 Å². The monoisotopic (exact) mass is 416 g/mol. The van der Waals surface area contributed by atoms with Gasteiger partial charge in [0, 0.05) is 0 Å². The first kappa shape index (κ1) is 21.8. The second-order valence-electron chi connectivity index (χ2n) is 8.89. The lowest BCUT2D eigenvalue weighted by atomic mass is 9.87. The molecule has 4 aromatic carbocycles. The van der Waals surface area contributed by atoms with Crippen LogP contribution in [0.1, 0.15) is 53.6 Å². The highest BCUT2D eigenvalue weighted by Gasteiger charge is 2.13. The van der Waals surface area contributed by atoms with Crippen molar-refractivity contribution in [3.05, 3.63) is 119 Å². The molecule has 160 valence electrons. The van der Waals surface area contributed by atoms with E-state index in [1.54, 1.807) is 0 Å². The fraction of sp³-hybridized carbons (Fsp3) is 0.188. The highest BCUT2D eigenvalue weighted by atomic mass is 14.2. The highest BCUT2D eigenvalue weighted by Crippen LogP contribution is 2.35. The van der Waals surface area contributed by atoms with Gasteiger partial charge < -0.3 is 0 Å². The van der Waals surface area contributed by atoms with Crippen molar-refractivity contribution in [2.24, 2.45) is 0 Å². The zero-order valence-electron chi connectivity index (χ0n) is 19.8. The minimum atomic E-state index is 1.07. The Hall–Kier alpha value is -3.38. The van der Waals surface area contributed by atoms with Gasteiger partial charge in [-0.15, -0.1) is 0 Å². The van der Waals surface area contributed by atoms with Crippen LogP contribution >= 0.6 is 0 Å². The van der Waals surface area contributed by atoms with E-state index in [1.807, 2.05) is 0 Å². The Morgan fingerprint density at radius 1 is 0.719 bits per heavy atom. The Labute approximate surface area is 192 Å². The van der Waals surface area contributed by atoms with Gasteiger partial charge in [0.15, 0.2) is 0 Å². The second-order valence-corrected chi connectivity index (χ2v) is 8.89. The minimum absolute atomic E-state index is 1.07. The summed E-state index contributed by atoms with van der Waals surface area (Å²) in [5.41, 5.74) is 12.3. The quantitative estimate of drug-likeness (QED) is 0.294. The molecule has 0 atom stereocenters. The van der Waals surface area contributed by atoms with E-state index >= 15 is 0 Å². The van der Waals surface area contributed by atoms with Crippen molar-refractivity contribution in [3.63, 3.8) is 0 Å². The molecule has 4 aromatic rings. The van der Waals surface area contributed by atoms with E-state index in [2.05, 4.69) is 114 Å². The van der Waals surface area contributed by atoms with Gasteiger partial charge in [-0.25, -0.2) is 0 Å². The molecule has 0 fully saturated rings. The van der Waals surface area contributed by atoms with Gasteiger partial charge >= 0.3 is 0 Å². The van der Waals surface area contributed by atoms with Crippen LogP contribution in [0.2, 0.25) is 0 Å². The molecule has 0 radical (unpaired) electrons. The van der Waals surface area contributed by atoms with Gasteiger partial charge in [-0.05, 0) is 100 Å². The molecule has 0 nitrogen and oxygen atoms in total. The van der Waals surface area contributed by atoms with Crippen LogP contribution in [0.3, 0.4) is 0 Å². The van der Waals surface area contributed by atoms with Crippen molar-refractivity contribution in [2.75, 3.05) is 0 Å². The molecule has 0 saturated heterocycles. The number of hydrogen-bond acceptors (Lipinski definition) is 0. The summed E-state index contributed by atoms with van der Waals surface area (Å²) in [5, 5.41) is 2.55. The van der Waals surface area contributed by atoms with E-state index < -0.39 is 0 Å². The smallest absolute Gasteiger partial charge is 0.0103 e. The van der Waals surface area contributed by atoms with Crippen LogP contribution in [0.4, 0.5) is 0 Å². The Morgan fingerprint density at radius 2 is 1.38 bits per heavy atom. The van der Waals surface area contributed by atoms with Crippen molar-refractivity contribution >= 4 is 21.9 Å². The number of allylic oxidation sites excluding steroid dienone is 1. The summed E-state index contributed by atoms with van der Waals surface area (Å²) in [5.74, 6) is 0. The summed E-state index contributed by atoms with van der Waals surface area (Å²) in [7, 11) is 0. The van der Waals surface area contributed by atoms with E-state index in [4.69, 9.17) is 0 Å². The fourth-order valence-electron chi connectivity index (χ4n) is 4.55. The summed E-state index contributed by atoms with van der Waals surface area (Å²) < 4.78 is 0. The van der Waals surface area contributed by atoms with Crippen molar-refractivity contribution < 1.29 is 0 Å². The van der Waals surface area contributed by atoms with E-state index in [0.29, 0.717) is 0 Å². The van der Waals surface area contributed by atoms with Gasteiger partial charge in [0.25, 0.3) is 0 Å². The minimum Gasteiger partial charge on any atom is -0.0955 e. The predicted octanol–water partition coefficient (Wildman–Crippen LogP) is 9.17. The van der Waals surface area contributed by atoms with E-state index in [-0.39, 0.29) is 0 Å². The second kappa shape index (κ2) is 9.01. The van der Waals surface area contributed by atoms with Crippen molar-refractivity contribution in [1.29, 1.82) is 0 Å². The molecule has 0 aromatic heterocycles. The van der Waals surface area contributed by atoms with Crippen LogP contribution in [0.5, 0.6) is 0 Å². The molecule has 0 aliphatic heterocycles. The molecule has 4 rings (SSSR count). The van der Waals surface area contributed by atoms with Crippen LogP contribution in [-0.4, -0.2) is 0 Å². The number of hydrogen-bond donors (Lipinski definition) is 0. The third-order valence-electron chi connectivity index (χ3n) is 6.47. The first-order valence-corrected chi connectivity index (χ1v) is 11.5. The maximum Gasteiger partial charge on any atom is -0.0103 e. The van der Waals surface area contributed by atoms with Crippen molar-refractivity contribution in [2.45, 2.75) is 40.5 Å². The standard InChI is InChI=1S/C32H32/c1-7-10-25-16-17-26(21(2)3)19-32(25)31-20-27(15-13-23(31)5)24(6)29-18-14-22(4)28-11-8-9-12-30(28)29/h8-9,11-20H,2,6-7,10H2,1,3-5H3. The number of fused-ring (bicyclic) bond motifs is 1. The van der Waals surface area contributed by atoms with Crippen LogP contribution in [0.15, 0.2) is 86.0 Å².